The Morgan fingerprint density at radius 2 is 2.12 bits per heavy atom. The fraction of sp³-hybridized carbons (Fsp3) is 0.0833. The standard InChI is InChI=1S/C12H7ClFIOS/c1-6-4-10(17-12(6)13)11(16)8-3-2-7(14)5-9(8)15/h2-5H,1H3. The van der Waals surface area contributed by atoms with E-state index >= 15 is 0 Å². The van der Waals surface area contributed by atoms with Crippen molar-refractivity contribution in [3.63, 3.8) is 0 Å². The Hall–Kier alpha value is -0.460. The predicted octanol–water partition coefficient (Wildman–Crippen LogP) is 4.68. The number of halogens is 3. The molecular weight excluding hydrogens is 374 g/mol. The van der Waals surface area contributed by atoms with Crippen molar-refractivity contribution in [1.82, 2.24) is 0 Å². The molecule has 0 fully saturated rings. The van der Waals surface area contributed by atoms with E-state index in [1.165, 1.54) is 29.5 Å². The van der Waals surface area contributed by atoms with Gasteiger partial charge in [-0.3, -0.25) is 4.79 Å². The summed E-state index contributed by atoms with van der Waals surface area (Å²) in [6, 6.07) is 5.89. The van der Waals surface area contributed by atoms with E-state index in [0.717, 1.165) is 5.56 Å². The average Bonchev–Trinajstić information content (AvgIpc) is 2.58. The fourth-order valence-corrected chi connectivity index (χ4v) is 3.26. The molecule has 0 aliphatic heterocycles. The molecule has 0 N–H and O–H groups in total. The van der Waals surface area contributed by atoms with Crippen molar-refractivity contribution < 1.29 is 9.18 Å². The highest BCUT2D eigenvalue weighted by atomic mass is 127. The van der Waals surface area contributed by atoms with Crippen molar-refractivity contribution in [2.24, 2.45) is 0 Å². The molecule has 0 amide bonds. The molecule has 0 saturated heterocycles. The van der Waals surface area contributed by atoms with Gasteiger partial charge in [0.1, 0.15) is 5.82 Å². The molecule has 88 valence electrons. The zero-order chi connectivity index (χ0) is 12.6. The Bertz CT molecular complexity index is 575. The van der Waals surface area contributed by atoms with Crippen LogP contribution in [0.3, 0.4) is 0 Å². The highest BCUT2D eigenvalue weighted by molar-refractivity contribution is 14.1. The van der Waals surface area contributed by atoms with Gasteiger partial charge in [-0.25, -0.2) is 4.39 Å². The van der Waals surface area contributed by atoms with Crippen molar-refractivity contribution in [3.05, 3.63) is 54.0 Å². The van der Waals surface area contributed by atoms with E-state index in [4.69, 9.17) is 11.6 Å². The van der Waals surface area contributed by atoms with Gasteiger partial charge in [-0.05, 0) is 59.3 Å². The zero-order valence-electron chi connectivity index (χ0n) is 8.76. The minimum Gasteiger partial charge on any atom is -0.288 e. The quantitative estimate of drug-likeness (QED) is 0.546. The second-order valence-corrected chi connectivity index (χ2v) is 6.34. The molecule has 2 rings (SSSR count). The minimum atomic E-state index is -0.341. The second-order valence-electron chi connectivity index (χ2n) is 3.52. The smallest absolute Gasteiger partial charge is 0.204 e. The first-order chi connectivity index (χ1) is 7.99. The molecule has 0 aliphatic rings. The minimum absolute atomic E-state index is 0.116. The molecule has 0 unspecified atom stereocenters. The molecular formula is C12H7ClFIOS. The van der Waals surface area contributed by atoms with Crippen molar-refractivity contribution >= 4 is 51.3 Å². The average molecular weight is 381 g/mol. The van der Waals surface area contributed by atoms with Crippen LogP contribution in [0.4, 0.5) is 4.39 Å². The monoisotopic (exact) mass is 380 g/mol. The summed E-state index contributed by atoms with van der Waals surface area (Å²) in [5.74, 6) is -0.458. The van der Waals surface area contributed by atoms with Crippen LogP contribution < -0.4 is 0 Å². The largest absolute Gasteiger partial charge is 0.288 e. The van der Waals surface area contributed by atoms with Crippen LogP contribution in [-0.2, 0) is 0 Å². The Kier molecular flexibility index (Phi) is 3.85. The molecule has 5 heteroatoms. The number of rotatable bonds is 2. The fourth-order valence-electron chi connectivity index (χ4n) is 1.38. The highest BCUT2D eigenvalue weighted by Crippen LogP contribution is 2.29. The molecule has 0 spiro atoms. The lowest BCUT2D eigenvalue weighted by Crippen LogP contribution is -2.01. The lowest BCUT2D eigenvalue weighted by molar-refractivity contribution is 0.104. The van der Waals surface area contributed by atoms with Crippen molar-refractivity contribution in [2.45, 2.75) is 6.92 Å². The van der Waals surface area contributed by atoms with Crippen LogP contribution in [0.5, 0.6) is 0 Å². The third-order valence-electron chi connectivity index (χ3n) is 2.26. The number of carbonyl (C=O) groups is 1. The third kappa shape index (κ3) is 2.69. The maximum absolute atomic E-state index is 12.9. The van der Waals surface area contributed by atoms with E-state index < -0.39 is 0 Å². The second kappa shape index (κ2) is 5.04. The first kappa shape index (κ1) is 13.0. The lowest BCUT2D eigenvalue weighted by Gasteiger charge is -2.01. The summed E-state index contributed by atoms with van der Waals surface area (Å²) in [7, 11) is 0. The Labute approximate surface area is 121 Å². The summed E-state index contributed by atoms with van der Waals surface area (Å²) in [4.78, 5) is 12.7. The zero-order valence-corrected chi connectivity index (χ0v) is 12.5. The van der Waals surface area contributed by atoms with Crippen LogP contribution in [0.25, 0.3) is 0 Å². The molecule has 0 aliphatic carbocycles. The van der Waals surface area contributed by atoms with Crippen molar-refractivity contribution in [2.75, 3.05) is 0 Å². The SMILES string of the molecule is Cc1cc(C(=O)c2ccc(F)cc2I)sc1Cl. The Balaban J connectivity index is 2.43. The van der Waals surface area contributed by atoms with E-state index in [9.17, 15) is 9.18 Å². The number of hydrogen-bond acceptors (Lipinski definition) is 2. The summed E-state index contributed by atoms with van der Waals surface area (Å²) >= 11 is 9.13. The topological polar surface area (TPSA) is 17.1 Å². The molecule has 0 bridgehead atoms. The first-order valence-electron chi connectivity index (χ1n) is 4.74. The number of benzene rings is 1. The van der Waals surface area contributed by atoms with E-state index in [0.29, 0.717) is 18.3 Å². The Morgan fingerprint density at radius 1 is 1.41 bits per heavy atom. The maximum atomic E-state index is 12.9. The molecule has 1 aromatic carbocycles. The third-order valence-corrected chi connectivity index (χ3v) is 4.70. The van der Waals surface area contributed by atoms with Crippen LogP contribution in [0.1, 0.15) is 20.8 Å². The summed E-state index contributed by atoms with van der Waals surface area (Å²) in [5.41, 5.74) is 1.39. The van der Waals surface area contributed by atoms with Crippen LogP contribution in [0, 0.1) is 16.3 Å². The number of hydrogen-bond donors (Lipinski definition) is 0. The predicted molar refractivity (Wildman–Crippen MR) is 76.6 cm³/mol. The summed E-state index contributed by atoms with van der Waals surface area (Å²) in [6.07, 6.45) is 0. The van der Waals surface area contributed by atoms with Gasteiger partial charge in [0.05, 0.1) is 9.21 Å². The van der Waals surface area contributed by atoms with E-state index in [2.05, 4.69) is 0 Å². The van der Waals surface area contributed by atoms with Gasteiger partial charge in [0.25, 0.3) is 0 Å². The van der Waals surface area contributed by atoms with Crippen LogP contribution >= 0.6 is 45.5 Å². The van der Waals surface area contributed by atoms with Gasteiger partial charge in [0.15, 0.2) is 0 Å². The molecule has 0 radical (unpaired) electrons. The number of ketones is 1. The van der Waals surface area contributed by atoms with E-state index in [1.54, 1.807) is 6.07 Å². The normalized spacial score (nSPS) is 10.6. The van der Waals surface area contributed by atoms with Gasteiger partial charge in [-0.1, -0.05) is 11.6 Å². The summed E-state index contributed by atoms with van der Waals surface area (Å²) in [5, 5.41) is 0. The van der Waals surface area contributed by atoms with Crippen molar-refractivity contribution in [3.8, 4) is 0 Å². The molecule has 17 heavy (non-hydrogen) atoms. The van der Waals surface area contributed by atoms with Crippen LogP contribution in [0.2, 0.25) is 4.34 Å². The van der Waals surface area contributed by atoms with Gasteiger partial charge >= 0.3 is 0 Å². The molecule has 0 saturated carbocycles. The molecule has 1 aromatic heterocycles. The molecule has 1 nitrogen and oxygen atoms in total. The number of aryl methyl sites for hydroxylation is 1. The molecule has 0 atom stereocenters. The summed E-state index contributed by atoms with van der Waals surface area (Å²) < 4.78 is 14.2. The summed E-state index contributed by atoms with van der Waals surface area (Å²) in [6.45, 7) is 1.85. The number of carbonyl (C=O) groups excluding carboxylic acids is 1. The van der Waals surface area contributed by atoms with E-state index in [-0.39, 0.29) is 11.6 Å². The number of thiophene rings is 1. The van der Waals surface area contributed by atoms with Gasteiger partial charge in [0.2, 0.25) is 5.78 Å². The van der Waals surface area contributed by atoms with Gasteiger partial charge in [-0.15, -0.1) is 11.3 Å². The van der Waals surface area contributed by atoms with Gasteiger partial charge < -0.3 is 0 Å². The van der Waals surface area contributed by atoms with E-state index in [1.807, 2.05) is 29.5 Å². The van der Waals surface area contributed by atoms with Crippen LogP contribution in [-0.4, -0.2) is 5.78 Å². The van der Waals surface area contributed by atoms with Crippen LogP contribution in [0.15, 0.2) is 24.3 Å². The highest BCUT2D eigenvalue weighted by Gasteiger charge is 2.16. The van der Waals surface area contributed by atoms with Gasteiger partial charge in [-0.2, -0.15) is 0 Å². The first-order valence-corrected chi connectivity index (χ1v) is 7.02. The molecule has 1 heterocycles. The van der Waals surface area contributed by atoms with Gasteiger partial charge in [0, 0.05) is 9.13 Å². The molecule has 2 aromatic rings. The Morgan fingerprint density at radius 3 is 2.65 bits per heavy atom. The maximum Gasteiger partial charge on any atom is 0.204 e. The lowest BCUT2D eigenvalue weighted by atomic mass is 10.1. The van der Waals surface area contributed by atoms with Crippen molar-refractivity contribution in [1.29, 1.82) is 0 Å².